The maximum atomic E-state index is 13.0. The first-order valence-corrected chi connectivity index (χ1v) is 13.7. The molecule has 1 saturated heterocycles. The minimum atomic E-state index is -0.955. The van der Waals surface area contributed by atoms with Crippen LogP contribution >= 0.6 is 0 Å². The summed E-state index contributed by atoms with van der Waals surface area (Å²) in [6.45, 7) is 6.51. The van der Waals surface area contributed by atoms with E-state index < -0.39 is 23.1 Å². The van der Waals surface area contributed by atoms with Crippen molar-refractivity contribution in [1.29, 1.82) is 5.26 Å². The van der Waals surface area contributed by atoms with E-state index in [1.54, 1.807) is 11.0 Å². The highest BCUT2D eigenvalue weighted by Crippen LogP contribution is 2.47. The highest BCUT2D eigenvalue weighted by atomic mass is 16.2. The summed E-state index contributed by atoms with van der Waals surface area (Å²) in [4.78, 5) is 42.1. The molecule has 7 N–H and O–H groups in total. The number of carbonyl (C=O) groups excluding carboxylic acids is 2. The number of hydrogen-bond acceptors (Lipinski definition) is 7. The number of aryl methyl sites for hydroxylation is 2. The van der Waals surface area contributed by atoms with Crippen LogP contribution in [0.2, 0.25) is 0 Å². The molecule has 1 aromatic heterocycles. The quantitative estimate of drug-likeness (QED) is 0.279. The number of nitrogens with one attached hydrogen (secondary N) is 3. The molecule has 2 aliphatic rings. The molecule has 41 heavy (non-hydrogen) atoms. The van der Waals surface area contributed by atoms with Crippen molar-refractivity contribution in [3.8, 4) is 6.07 Å². The van der Waals surface area contributed by atoms with Gasteiger partial charge in [-0.2, -0.15) is 10.4 Å². The third-order valence-corrected chi connectivity index (χ3v) is 8.29. The molecule has 0 saturated carbocycles. The maximum Gasteiger partial charge on any atom is 0.340 e. The second kappa shape index (κ2) is 11.1. The number of rotatable bonds is 8. The fourth-order valence-corrected chi connectivity index (χ4v) is 6.34. The fraction of sp³-hybridized carbons (Fsp3) is 0.367. The highest BCUT2D eigenvalue weighted by molar-refractivity contribution is 5.93. The summed E-state index contributed by atoms with van der Waals surface area (Å²) in [6, 6.07) is 12.9. The van der Waals surface area contributed by atoms with E-state index in [-0.39, 0.29) is 18.5 Å². The Morgan fingerprint density at radius 3 is 2.44 bits per heavy atom. The predicted octanol–water partition coefficient (Wildman–Crippen LogP) is 1.44. The first-order valence-electron chi connectivity index (χ1n) is 13.7. The van der Waals surface area contributed by atoms with Gasteiger partial charge in [-0.25, -0.2) is 9.89 Å². The van der Waals surface area contributed by atoms with Crippen LogP contribution in [0, 0.1) is 11.3 Å². The molecule has 1 aliphatic heterocycles. The number of benzene rings is 2. The monoisotopic (exact) mass is 554 g/mol. The van der Waals surface area contributed by atoms with Crippen molar-refractivity contribution in [3.05, 3.63) is 92.7 Å². The molecule has 2 amide bonds. The number of aromatic nitrogens is 3. The van der Waals surface area contributed by atoms with E-state index in [9.17, 15) is 19.6 Å². The zero-order chi connectivity index (χ0) is 29.3. The largest absolute Gasteiger partial charge is 0.399 e. The van der Waals surface area contributed by atoms with Gasteiger partial charge in [-0.05, 0) is 85.0 Å². The number of aromatic amines is 2. The van der Waals surface area contributed by atoms with Crippen LogP contribution in [0.4, 0.5) is 0 Å². The summed E-state index contributed by atoms with van der Waals surface area (Å²) in [7, 11) is 0. The summed E-state index contributed by atoms with van der Waals surface area (Å²) in [5.41, 5.74) is 15.6. The lowest BCUT2D eigenvalue weighted by Crippen LogP contribution is -2.45. The zero-order valence-corrected chi connectivity index (χ0v) is 23.0. The normalized spacial score (nSPS) is 20.4. The Labute approximate surface area is 237 Å². The number of amides is 2. The summed E-state index contributed by atoms with van der Waals surface area (Å²) in [5.74, 6) is -0.231. The van der Waals surface area contributed by atoms with Gasteiger partial charge < -0.3 is 21.7 Å². The first-order chi connectivity index (χ1) is 19.6. The molecule has 212 valence electrons. The first kappa shape index (κ1) is 27.9. The third kappa shape index (κ3) is 5.14. The SMILES string of the molecule is C=C(N)c1ccc2c(c1)CCc1cc(C(N)=O)ccc1C2(C[C@H](C)NCC(=O)N1CCCC1C#N)c1n[nH]c(=O)[nH]1. The number of nitrogens with zero attached hydrogens (tertiary/aromatic N) is 3. The van der Waals surface area contributed by atoms with E-state index in [4.69, 9.17) is 11.5 Å². The van der Waals surface area contributed by atoms with Crippen molar-refractivity contribution < 1.29 is 9.59 Å². The lowest BCUT2D eigenvalue weighted by molar-refractivity contribution is -0.130. The molecule has 2 unspecified atom stereocenters. The molecule has 0 bridgehead atoms. The zero-order valence-electron chi connectivity index (χ0n) is 23.0. The highest BCUT2D eigenvalue weighted by Gasteiger charge is 2.45. The second-order valence-electron chi connectivity index (χ2n) is 10.9. The second-order valence-corrected chi connectivity index (χ2v) is 10.9. The summed E-state index contributed by atoms with van der Waals surface area (Å²) < 4.78 is 0. The van der Waals surface area contributed by atoms with Crippen LogP contribution in [0.1, 0.15) is 70.2 Å². The van der Waals surface area contributed by atoms with Crippen LogP contribution in [0.15, 0.2) is 47.8 Å². The van der Waals surface area contributed by atoms with Crippen molar-refractivity contribution >= 4 is 17.5 Å². The topological polar surface area (TPSA) is 187 Å². The van der Waals surface area contributed by atoms with Crippen LogP contribution in [-0.4, -0.2) is 57.1 Å². The van der Waals surface area contributed by atoms with Gasteiger partial charge in [0.15, 0.2) is 0 Å². The molecule has 2 aromatic carbocycles. The molecular weight excluding hydrogens is 520 g/mol. The lowest BCUT2D eigenvalue weighted by Gasteiger charge is -2.37. The van der Waals surface area contributed by atoms with Crippen molar-refractivity contribution in [3.63, 3.8) is 0 Å². The molecular formula is C30H34N8O3. The van der Waals surface area contributed by atoms with E-state index in [0.29, 0.717) is 49.3 Å². The Hall–Kier alpha value is -4.69. The Morgan fingerprint density at radius 2 is 1.85 bits per heavy atom. The van der Waals surface area contributed by atoms with Crippen LogP contribution in [0.25, 0.3) is 5.70 Å². The molecule has 1 fully saturated rings. The number of carbonyl (C=O) groups is 2. The number of nitriles is 1. The van der Waals surface area contributed by atoms with Gasteiger partial charge in [-0.15, -0.1) is 0 Å². The Morgan fingerprint density at radius 1 is 1.20 bits per heavy atom. The number of likely N-dealkylation sites (tertiary alicyclic amines) is 1. The lowest BCUT2D eigenvalue weighted by atomic mass is 9.67. The number of hydrogen-bond donors (Lipinski definition) is 5. The van der Waals surface area contributed by atoms with Crippen LogP contribution in [0.5, 0.6) is 0 Å². The molecule has 11 nitrogen and oxygen atoms in total. The Kier molecular flexibility index (Phi) is 7.51. The third-order valence-electron chi connectivity index (χ3n) is 8.29. The van der Waals surface area contributed by atoms with Crippen molar-refractivity contribution in [1.82, 2.24) is 25.4 Å². The molecule has 2 heterocycles. The number of nitrogens with two attached hydrogens (primary N) is 2. The van der Waals surface area contributed by atoms with Crippen LogP contribution in [0.3, 0.4) is 0 Å². The van der Waals surface area contributed by atoms with E-state index in [2.05, 4.69) is 33.1 Å². The average Bonchev–Trinajstić information content (AvgIpc) is 3.60. The van der Waals surface area contributed by atoms with Gasteiger partial charge in [-0.1, -0.05) is 24.8 Å². The predicted molar refractivity (Wildman–Crippen MR) is 154 cm³/mol. The van der Waals surface area contributed by atoms with Gasteiger partial charge in [0.1, 0.15) is 11.9 Å². The minimum Gasteiger partial charge on any atom is -0.399 e. The summed E-state index contributed by atoms with van der Waals surface area (Å²) in [6.07, 6.45) is 3.18. The average molecular weight is 555 g/mol. The van der Waals surface area contributed by atoms with Crippen LogP contribution in [-0.2, 0) is 23.1 Å². The van der Waals surface area contributed by atoms with E-state index in [1.807, 2.05) is 37.3 Å². The van der Waals surface area contributed by atoms with Gasteiger partial charge in [-0.3, -0.25) is 14.6 Å². The summed E-state index contributed by atoms with van der Waals surface area (Å²) >= 11 is 0. The van der Waals surface area contributed by atoms with E-state index in [0.717, 1.165) is 34.2 Å². The number of fused-ring (bicyclic) bond motifs is 2. The molecule has 0 radical (unpaired) electrons. The minimum absolute atomic E-state index is 0.0682. The molecule has 1 aliphatic carbocycles. The summed E-state index contributed by atoms with van der Waals surface area (Å²) in [5, 5.41) is 19.7. The van der Waals surface area contributed by atoms with Gasteiger partial charge >= 0.3 is 5.69 Å². The maximum absolute atomic E-state index is 13.0. The molecule has 11 heteroatoms. The number of primary amides is 1. The van der Waals surface area contributed by atoms with Crippen molar-refractivity contribution in [2.24, 2.45) is 11.5 Å². The van der Waals surface area contributed by atoms with Gasteiger partial charge in [0.2, 0.25) is 11.8 Å². The molecule has 3 aromatic rings. The molecule has 0 spiro atoms. The fourth-order valence-electron chi connectivity index (χ4n) is 6.34. The Bertz CT molecular complexity index is 1550. The van der Waals surface area contributed by atoms with Crippen molar-refractivity contribution in [2.45, 2.75) is 56.5 Å². The van der Waals surface area contributed by atoms with Crippen LogP contribution < -0.4 is 22.5 Å². The van der Waals surface area contributed by atoms with Gasteiger partial charge in [0.05, 0.1) is 18.0 Å². The molecule has 5 rings (SSSR count). The van der Waals surface area contributed by atoms with Crippen molar-refractivity contribution in [2.75, 3.05) is 13.1 Å². The number of H-pyrrole nitrogens is 2. The van der Waals surface area contributed by atoms with Gasteiger partial charge in [0.25, 0.3) is 0 Å². The van der Waals surface area contributed by atoms with E-state index >= 15 is 0 Å². The molecule has 3 atom stereocenters. The standard InChI is InChI=1S/C30H34N8O3/c1-17(34-16-26(39)38-11-3-4-23(38)15-31)14-30(28-35-29(41)37-36-28)24-9-7-19(18(2)32)12-20(24)5-6-21-13-22(27(33)40)8-10-25(21)30/h7-10,12-13,17,23,34H,2-6,11,14,16,32H2,1H3,(H2,33,40)(H2,35,36,37,41)/t17-,23?,30?/m0/s1. The Balaban J connectivity index is 1.61. The smallest absolute Gasteiger partial charge is 0.340 e. The van der Waals surface area contributed by atoms with E-state index in [1.165, 1.54) is 0 Å². The van der Waals surface area contributed by atoms with Gasteiger partial charge in [0, 0.05) is 23.8 Å².